The van der Waals surface area contributed by atoms with Gasteiger partial charge in [-0.15, -0.1) is 4.40 Å². The van der Waals surface area contributed by atoms with E-state index in [1.807, 2.05) is 19.1 Å². The molecule has 0 radical (unpaired) electrons. The predicted octanol–water partition coefficient (Wildman–Crippen LogP) is 4.93. The number of aryl methyl sites for hydroxylation is 1. The summed E-state index contributed by atoms with van der Waals surface area (Å²) in [6.07, 6.45) is 9.12. The van der Waals surface area contributed by atoms with Crippen molar-refractivity contribution in [2.75, 3.05) is 0 Å². The summed E-state index contributed by atoms with van der Waals surface area (Å²) in [5.41, 5.74) is 1.05. The van der Waals surface area contributed by atoms with Gasteiger partial charge >= 0.3 is 0 Å². The number of benzene rings is 1. The van der Waals surface area contributed by atoms with E-state index in [0.29, 0.717) is 22.9 Å². The molecule has 1 aliphatic heterocycles. The summed E-state index contributed by atoms with van der Waals surface area (Å²) < 4.78 is 30.4. The summed E-state index contributed by atoms with van der Waals surface area (Å²) in [7, 11) is -3.67. The Labute approximate surface area is 158 Å². The largest absolute Gasteiger partial charge is 0.354 e. The van der Waals surface area contributed by atoms with E-state index in [1.54, 1.807) is 12.1 Å². The van der Waals surface area contributed by atoms with Gasteiger partial charge in [0.1, 0.15) is 5.84 Å². The van der Waals surface area contributed by atoms with E-state index in [4.69, 9.17) is 0 Å². The average Bonchev–Trinajstić information content (AvgIpc) is 3.07. The van der Waals surface area contributed by atoms with Crippen LogP contribution in [0.5, 0.6) is 0 Å². The molecule has 1 saturated carbocycles. The maximum atomic E-state index is 13.0. The van der Waals surface area contributed by atoms with Gasteiger partial charge in [0, 0.05) is 18.5 Å². The topological polar surface area (TPSA) is 49.7 Å². The first-order chi connectivity index (χ1) is 12.4. The van der Waals surface area contributed by atoms with Crippen molar-refractivity contribution in [1.29, 1.82) is 0 Å². The van der Waals surface area contributed by atoms with Gasteiger partial charge in [-0.25, -0.2) is 0 Å². The van der Waals surface area contributed by atoms with Crippen molar-refractivity contribution >= 4 is 15.9 Å². The zero-order valence-electron chi connectivity index (χ0n) is 16.3. The van der Waals surface area contributed by atoms with Gasteiger partial charge in [-0.1, -0.05) is 43.4 Å². The highest BCUT2D eigenvalue weighted by Crippen LogP contribution is 2.32. The molecule has 1 aliphatic carbocycles. The molecule has 1 saturated heterocycles. The lowest BCUT2D eigenvalue weighted by atomic mass is 9.95. The van der Waals surface area contributed by atoms with Crippen LogP contribution in [0.3, 0.4) is 0 Å². The van der Waals surface area contributed by atoms with Crippen LogP contribution in [0, 0.1) is 12.8 Å². The third-order valence-corrected chi connectivity index (χ3v) is 7.30. The maximum absolute atomic E-state index is 13.0. The molecular weight excluding hydrogens is 344 g/mol. The first-order valence-electron chi connectivity index (χ1n) is 10.1. The van der Waals surface area contributed by atoms with Crippen LogP contribution in [-0.4, -0.2) is 31.2 Å². The number of piperidine rings is 1. The van der Waals surface area contributed by atoms with E-state index in [-0.39, 0.29) is 0 Å². The van der Waals surface area contributed by atoms with Crippen molar-refractivity contribution in [3.63, 3.8) is 0 Å². The molecule has 2 fully saturated rings. The van der Waals surface area contributed by atoms with Crippen molar-refractivity contribution in [3.8, 4) is 0 Å². The van der Waals surface area contributed by atoms with E-state index >= 15 is 0 Å². The summed E-state index contributed by atoms with van der Waals surface area (Å²) in [6, 6.07) is 7.73. The first-order valence-corrected chi connectivity index (χ1v) is 11.5. The molecule has 4 nitrogen and oxygen atoms in total. The highest BCUT2D eigenvalue weighted by atomic mass is 32.2. The van der Waals surface area contributed by atoms with E-state index in [1.165, 1.54) is 32.1 Å². The molecule has 1 aromatic rings. The lowest BCUT2D eigenvalue weighted by Crippen LogP contribution is -2.48. The third kappa shape index (κ3) is 4.48. The van der Waals surface area contributed by atoms with Gasteiger partial charge in [-0.3, -0.25) is 0 Å². The van der Waals surface area contributed by atoms with Crippen LogP contribution in [0.15, 0.2) is 33.6 Å². The zero-order chi connectivity index (χ0) is 18.7. The molecule has 2 aliphatic rings. The summed E-state index contributed by atoms with van der Waals surface area (Å²) in [5.74, 6) is 1.36. The van der Waals surface area contributed by atoms with Crippen molar-refractivity contribution in [2.24, 2.45) is 10.3 Å². The van der Waals surface area contributed by atoms with Crippen molar-refractivity contribution in [3.05, 3.63) is 29.8 Å². The Kier molecular flexibility index (Phi) is 6.06. The van der Waals surface area contributed by atoms with Gasteiger partial charge in [0.25, 0.3) is 10.0 Å². The lowest BCUT2D eigenvalue weighted by Gasteiger charge is -2.41. The molecule has 0 unspecified atom stereocenters. The molecule has 5 heteroatoms. The van der Waals surface area contributed by atoms with Gasteiger partial charge in [0.15, 0.2) is 0 Å². The van der Waals surface area contributed by atoms with Gasteiger partial charge in [0.05, 0.1) is 4.90 Å². The second kappa shape index (κ2) is 8.12. The molecule has 1 heterocycles. The van der Waals surface area contributed by atoms with Crippen LogP contribution >= 0.6 is 0 Å². The Balaban J connectivity index is 1.95. The summed E-state index contributed by atoms with van der Waals surface area (Å²) in [4.78, 5) is 2.59. The summed E-state index contributed by atoms with van der Waals surface area (Å²) in [6.45, 7) is 6.37. The molecule has 0 aromatic heterocycles. The quantitative estimate of drug-likeness (QED) is 0.553. The standard InChI is InChI=1S/C21H32N2O2S/c1-16-11-13-20(14-12-16)26(24,25)22-21(15-19-9-4-5-10-19)23-17(2)7-6-8-18(23)3/h11-14,17-19H,4-10,15H2,1-3H3/b22-21+/t17-,18+. The van der Waals surface area contributed by atoms with Gasteiger partial charge in [-0.2, -0.15) is 8.42 Å². The fraction of sp³-hybridized carbons (Fsp3) is 0.667. The average molecular weight is 377 g/mol. The Morgan fingerprint density at radius 3 is 2.15 bits per heavy atom. The number of rotatable bonds is 4. The monoisotopic (exact) mass is 376 g/mol. The van der Waals surface area contributed by atoms with Crippen LogP contribution < -0.4 is 0 Å². The van der Waals surface area contributed by atoms with Crippen molar-refractivity contribution < 1.29 is 8.42 Å². The first kappa shape index (κ1) is 19.4. The minimum Gasteiger partial charge on any atom is -0.354 e. The third-order valence-electron chi connectivity index (χ3n) is 5.98. The Morgan fingerprint density at radius 2 is 1.58 bits per heavy atom. The fourth-order valence-electron chi connectivity index (χ4n) is 4.49. The van der Waals surface area contributed by atoms with Crippen LogP contribution in [0.25, 0.3) is 0 Å². The van der Waals surface area contributed by atoms with Crippen molar-refractivity contribution in [2.45, 2.75) is 89.1 Å². The predicted molar refractivity (Wildman–Crippen MR) is 107 cm³/mol. The highest BCUT2D eigenvalue weighted by molar-refractivity contribution is 7.90. The molecule has 3 rings (SSSR count). The number of sulfonamides is 1. The molecule has 2 atom stereocenters. The second-order valence-electron chi connectivity index (χ2n) is 8.19. The maximum Gasteiger partial charge on any atom is 0.283 e. The SMILES string of the molecule is Cc1ccc(S(=O)(=O)/N=C(\CC2CCCC2)N2[C@H](C)CCC[C@@H]2C)cc1. The highest BCUT2D eigenvalue weighted by Gasteiger charge is 2.31. The molecule has 1 aromatic carbocycles. The Morgan fingerprint density at radius 1 is 1.00 bits per heavy atom. The van der Waals surface area contributed by atoms with Crippen molar-refractivity contribution in [1.82, 2.24) is 4.90 Å². The normalized spacial score (nSPS) is 25.7. The summed E-state index contributed by atoms with van der Waals surface area (Å²) >= 11 is 0. The van der Waals surface area contributed by atoms with Gasteiger partial charge in [0.2, 0.25) is 0 Å². The Bertz CT molecular complexity index is 724. The summed E-state index contributed by atoms with van der Waals surface area (Å²) in [5, 5.41) is 0. The Hall–Kier alpha value is -1.36. The van der Waals surface area contributed by atoms with Crippen LogP contribution in [0.4, 0.5) is 0 Å². The molecular formula is C21H32N2O2S. The minimum absolute atomic E-state index is 0.296. The van der Waals surface area contributed by atoms with E-state index in [0.717, 1.165) is 30.7 Å². The number of amidine groups is 1. The molecule has 0 N–H and O–H groups in total. The van der Waals surface area contributed by atoms with E-state index in [2.05, 4.69) is 23.1 Å². The van der Waals surface area contributed by atoms with Crippen LogP contribution in [0.2, 0.25) is 0 Å². The van der Waals surface area contributed by atoms with E-state index in [9.17, 15) is 8.42 Å². The van der Waals surface area contributed by atoms with Gasteiger partial charge in [-0.05, 0) is 58.1 Å². The smallest absolute Gasteiger partial charge is 0.283 e. The number of nitrogens with zero attached hydrogens (tertiary/aromatic N) is 2. The molecule has 0 bridgehead atoms. The second-order valence-corrected chi connectivity index (χ2v) is 9.79. The molecule has 26 heavy (non-hydrogen) atoms. The fourth-order valence-corrected chi connectivity index (χ4v) is 5.53. The molecule has 0 amide bonds. The van der Waals surface area contributed by atoms with E-state index < -0.39 is 10.0 Å². The minimum atomic E-state index is -3.67. The van der Waals surface area contributed by atoms with Crippen LogP contribution in [-0.2, 0) is 10.0 Å². The van der Waals surface area contributed by atoms with Gasteiger partial charge < -0.3 is 4.90 Å². The number of hydrogen-bond acceptors (Lipinski definition) is 2. The molecule has 0 spiro atoms. The molecule has 144 valence electrons. The lowest BCUT2D eigenvalue weighted by molar-refractivity contribution is 0.186. The number of likely N-dealkylation sites (tertiary alicyclic amines) is 1. The van der Waals surface area contributed by atoms with Crippen LogP contribution in [0.1, 0.15) is 70.8 Å². The zero-order valence-corrected chi connectivity index (χ0v) is 17.1. The number of hydrogen-bond donors (Lipinski definition) is 0.